The maximum atomic E-state index is 2.37. The fourth-order valence-electron chi connectivity index (χ4n) is 5.38. The Labute approximate surface area is 230 Å². The van der Waals surface area contributed by atoms with Gasteiger partial charge in [-0.2, -0.15) is 0 Å². The van der Waals surface area contributed by atoms with Crippen molar-refractivity contribution in [3.63, 3.8) is 0 Å². The lowest BCUT2D eigenvalue weighted by Crippen LogP contribution is -2.08. The van der Waals surface area contributed by atoms with E-state index in [-0.39, 0.29) is 0 Å². The van der Waals surface area contributed by atoms with Gasteiger partial charge in [-0.3, -0.25) is 0 Å². The van der Waals surface area contributed by atoms with Crippen LogP contribution in [0.25, 0.3) is 49.8 Å². The van der Waals surface area contributed by atoms with E-state index in [0.29, 0.717) is 0 Å². The highest BCUT2D eigenvalue weighted by molar-refractivity contribution is 6.12. The van der Waals surface area contributed by atoms with Crippen molar-refractivity contribution in [2.24, 2.45) is 0 Å². The number of para-hydroxylation sites is 1. The minimum absolute atomic E-state index is 1.17. The summed E-state index contributed by atoms with van der Waals surface area (Å²) < 4.78 is 2.37. The molecule has 0 radical (unpaired) electrons. The zero-order valence-corrected chi connectivity index (χ0v) is 22.7. The molecule has 2 heteroatoms. The number of hydrogen-bond acceptors (Lipinski definition) is 1. The van der Waals surface area contributed by atoms with E-state index in [0.717, 1.165) is 0 Å². The summed E-state index contributed by atoms with van der Waals surface area (Å²) in [5, 5.41) is 2.51. The van der Waals surface area contributed by atoms with Crippen LogP contribution in [0.5, 0.6) is 0 Å². The molecule has 0 aliphatic heterocycles. The van der Waals surface area contributed by atoms with Crippen molar-refractivity contribution in [2.45, 2.75) is 13.8 Å². The van der Waals surface area contributed by atoms with Crippen LogP contribution in [0.4, 0.5) is 11.4 Å². The quantitative estimate of drug-likeness (QED) is 0.205. The average molecular weight is 505 g/mol. The van der Waals surface area contributed by atoms with Crippen molar-refractivity contribution in [1.82, 2.24) is 4.57 Å². The van der Waals surface area contributed by atoms with Crippen LogP contribution in [0.1, 0.15) is 13.8 Å². The molecule has 6 rings (SSSR count). The molecule has 0 saturated carbocycles. The first-order chi connectivity index (χ1) is 19.1. The predicted molar refractivity (Wildman–Crippen MR) is 170 cm³/mol. The maximum Gasteiger partial charge on any atom is 0.0539 e. The molecule has 39 heavy (non-hydrogen) atoms. The second kappa shape index (κ2) is 10.5. The van der Waals surface area contributed by atoms with Crippen molar-refractivity contribution < 1.29 is 0 Å². The first kappa shape index (κ1) is 24.5. The maximum absolute atomic E-state index is 2.37. The smallest absolute Gasteiger partial charge is 0.0539 e. The normalized spacial score (nSPS) is 12.0. The van der Waals surface area contributed by atoms with Gasteiger partial charge in [0.25, 0.3) is 0 Å². The van der Waals surface area contributed by atoms with E-state index in [4.69, 9.17) is 0 Å². The standard InChI is InChI=1S/C37H32N2/c1-4-5-12-27(2)39-36-23-21-31(30-19-17-29(18-20-30)28-13-8-6-9-14-28)25-34(36)35-26-33(22-24-37(35)39)38(3)32-15-10-7-11-16-32/h4-26H,1-3H3/b5-4-,27-12+. The molecule has 190 valence electrons. The number of nitrogens with zero attached hydrogens (tertiary/aromatic N) is 2. The highest BCUT2D eigenvalue weighted by atomic mass is 15.1. The molecular weight excluding hydrogens is 472 g/mol. The lowest BCUT2D eigenvalue weighted by molar-refractivity contribution is 1.19. The number of allylic oxidation sites excluding steroid dienone is 4. The Balaban J connectivity index is 1.50. The molecule has 0 amide bonds. The Bertz CT molecular complexity index is 1810. The summed E-state index contributed by atoms with van der Waals surface area (Å²) in [4.78, 5) is 2.25. The fraction of sp³-hybridized carbons (Fsp3) is 0.0811. The van der Waals surface area contributed by atoms with Gasteiger partial charge in [-0.1, -0.05) is 91.0 Å². The highest BCUT2D eigenvalue weighted by Crippen LogP contribution is 2.38. The minimum Gasteiger partial charge on any atom is -0.345 e. The monoisotopic (exact) mass is 504 g/mol. The Kier molecular flexibility index (Phi) is 6.61. The summed E-state index contributed by atoms with van der Waals surface area (Å²) in [6, 6.07) is 43.6. The van der Waals surface area contributed by atoms with Crippen molar-refractivity contribution >= 4 is 38.9 Å². The lowest BCUT2D eigenvalue weighted by atomic mass is 9.99. The largest absolute Gasteiger partial charge is 0.345 e. The third-order valence-corrected chi connectivity index (χ3v) is 7.49. The predicted octanol–water partition coefficient (Wildman–Crippen LogP) is 10.3. The molecular formula is C37H32N2. The molecule has 5 aromatic carbocycles. The van der Waals surface area contributed by atoms with Crippen LogP contribution in [-0.2, 0) is 0 Å². The van der Waals surface area contributed by atoms with Gasteiger partial charge in [0.2, 0.25) is 0 Å². The summed E-state index contributed by atoms with van der Waals surface area (Å²) in [5.41, 5.74) is 10.9. The molecule has 0 N–H and O–H groups in total. The minimum atomic E-state index is 1.17. The zero-order chi connectivity index (χ0) is 26.8. The van der Waals surface area contributed by atoms with Gasteiger partial charge in [0.1, 0.15) is 0 Å². The van der Waals surface area contributed by atoms with Crippen LogP contribution in [0, 0.1) is 0 Å². The number of fused-ring (bicyclic) bond motifs is 3. The third-order valence-electron chi connectivity index (χ3n) is 7.49. The van der Waals surface area contributed by atoms with Crippen LogP contribution < -0.4 is 4.90 Å². The highest BCUT2D eigenvalue weighted by Gasteiger charge is 2.15. The van der Waals surface area contributed by atoms with Gasteiger partial charge in [-0.15, -0.1) is 0 Å². The van der Waals surface area contributed by atoms with Crippen molar-refractivity contribution in [3.8, 4) is 22.3 Å². The van der Waals surface area contributed by atoms with Gasteiger partial charge in [0, 0.05) is 34.9 Å². The van der Waals surface area contributed by atoms with Crippen molar-refractivity contribution in [1.29, 1.82) is 0 Å². The Hall–Kier alpha value is -4.82. The van der Waals surface area contributed by atoms with Gasteiger partial charge in [-0.05, 0) is 84.6 Å². The molecule has 0 unspecified atom stereocenters. The summed E-state index contributed by atoms with van der Waals surface area (Å²) in [5.74, 6) is 0. The zero-order valence-electron chi connectivity index (χ0n) is 22.7. The summed E-state index contributed by atoms with van der Waals surface area (Å²) >= 11 is 0. The molecule has 2 nitrogen and oxygen atoms in total. The van der Waals surface area contributed by atoms with Crippen LogP contribution in [0.15, 0.2) is 140 Å². The molecule has 6 aromatic rings. The first-order valence-electron chi connectivity index (χ1n) is 13.5. The van der Waals surface area contributed by atoms with E-state index in [9.17, 15) is 0 Å². The first-order valence-corrected chi connectivity index (χ1v) is 13.5. The van der Waals surface area contributed by atoms with E-state index in [2.05, 4.69) is 170 Å². The van der Waals surface area contributed by atoms with Crippen LogP contribution in [0.2, 0.25) is 0 Å². The van der Waals surface area contributed by atoms with Gasteiger partial charge < -0.3 is 9.47 Å². The van der Waals surface area contributed by atoms with E-state index in [1.807, 2.05) is 0 Å². The summed E-state index contributed by atoms with van der Waals surface area (Å²) in [6.07, 6.45) is 6.35. The second-order valence-electron chi connectivity index (χ2n) is 9.94. The average Bonchev–Trinajstić information content (AvgIpc) is 3.33. The topological polar surface area (TPSA) is 8.17 Å². The summed E-state index contributed by atoms with van der Waals surface area (Å²) in [6.45, 7) is 4.23. The van der Waals surface area contributed by atoms with E-state index >= 15 is 0 Å². The van der Waals surface area contributed by atoms with Crippen molar-refractivity contribution in [3.05, 3.63) is 140 Å². The molecule has 0 aliphatic rings. The molecule has 0 spiro atoms. The van der Waals surface area contributed by atoms with Crippen LogP contribution in [-0.4, -0.2) is 11.6 Å². The molecule has 0 saturated heterocycles. The van der Waals surface area contributed by atoms with Crippen LogP contribution >= 0.6 is 0 Å². The molecule has 1 aromatic heterocycles. The molecule has 0 fully saturated rings. The molecule has 0 aliphatic carbocycles. The number of anilines is 2. The number of hydrogen-bond donors (Lipinski definition) is 0. The van der Waals surface area contributed by atoms with E-state index < -0.39 is 0 Å². The SMILES string of the molecule is C/C=C\C=C(/C)n1c2ccc(-c3ccc(-c4ccccc4)cc3)cc2c2cc(N(C)c3ccccc3)ccc21. The molecule has 0 bridgehead atoms. The molecule has 0 atom stereocenters. The van der Waals surface area contributed by atoms with Crippen LogP contribution in [0.3, 0.4) is 0 Å². The number of aromatic nitrogens is 1. The van der Waals surface area contributed by atoms with Gasteiger partial charge in [0.05, 0.1) is 11.0 Å². The van der Waals surface area contributed by atoms with E-state index in [1.165, 1.54) is 61.1 Å². The Morgan fingerprint density at radius 1 is 0.590 bits per heavy atom. The third kappa shape index (κ3) is 4.66. The second-order valence-corrected chi connectivity index (χ2v) is 9.94. The number of rotatable bonds is 6. The van der Waals surface area contributed by atoms with E-state index in [1.54, 1.807) is 0 Å². The lowest BCUT2D eigenvalue weighted by Gasteiger charge is -2.19. The Morgan fingerprint density at radius 2 is 1.13 bits per heavy atom. The van der Waals surface area contributed by atoms with Gasteiger partial charge in [0.15, 0.2) is 0 Å². The van der Waals surface area contributed by atoms with Gasteiger partial charge in [-0.25, -0.2) is 0 Å². The number of benzene rings is 5. The molecule has 1 heterocycles. The van der Waals surface area contributed by atoms with Crippen molar-refractivity contribution in [2.75, 3.05) is 11.9 Å². The Morgan fingerprint density at radius 3 is 1.79 bits per heavy atom. The fourth-order valence-corrected chi connectivity index (χ4v) is 5.38. The summed E-state index contributed by atoms with van der Waals surface area (Å²) in [7, 11) is 2.13. The van der Waals surface area contributed by atoms with Gasteiger partial charge >= 0.3 is 0 Å².